The molecule has 0 saturated heterocycles. The van der Waals surface area contributed by atoms with Gasteiger partial charge in [0.2, 0.25) is 5.91 Å². The van der Waals surface area contributed by atoms with Crippen molar-refractivity contribution in [3.63, 3.8) is 0 Å². The van der Waals surface area contributed by atoms with E-state index in [-0.39, 0.29) is 11.9 Å². The van der Waals surface area contributed by atoms with Crippen molar-refractivity contribution in [2.75, 3.05) is 13.6 Å². The zero-order valence-electron chi connectivity index (χ0n) is 10.4. The molecule has 1 unspecified atom stereocenters. The fourth-order valence-corrected chi connectivity index (χ4v) is 2.25. The quantitative estimate of drug-likeness (QED) is 0.734. The molecule has 0 aromatic rings. The summed E-state index contributed by atoms with van der Waals surface area (Å²) in [5.74, 6) is 0.0367. The van der Waals surface area contributed by atoms with E-state index in [0.29, 0.717) is 13.0 Å². The number of nitrogens with two attached hydrogens (primary N) is 1. The molecule has 1 fully saturated rings. The van der Waals surface area contributed by atoms with Crippen LogP contribution in [0.3, 0.4) is 0 Å². The van der Waals surface area contributed by atoms with Gasteiger partial charge < -0.3 is 15.7 Å². The Bertz CT molecular complexity index is 237. The number of aliphatic hydroxyl groups is 1. The lowest BCUT2D eigenvalue weighted by Gasteiger charge is -2.29. The molecule has 1 saturated carbocycles. The van der Waals surface area contributed by atoms with Gasteiger partial charge in [0, 0.05) is 26.1 Å². The van der Waals surface area contributed by atoms with E-state index in [1.165, 1.54) is 0 Å². The molecule has 0 heterocycles. The monoisotopic (exact) mass is 228 g/mol. The number of amides is 1. The maximum atomic E-state index is 11.8. The van der Waals surface area contributed by atoms with E-state index in [1.54, 1.807) is 11.9 Å². The van der Waals surface area contributed by atoms with E-state index in [9.17, 15) is 9.90 Å². The minimum Gasteiger partial charge on any atom is -0.388 e. The van der Waals surface area contributed by atoms with Crippen LogP contribution in [0.2, 0.25) is 0 Å². The highest BCUT2D eigenvalue weighted by Gasteiger charge is 2.33. The molecule has 0 radical (unpaired) electrons. The van der Waals surface area contributed by atoms with Crippen molar-refractivity contribution in [2.24, 2.45) is 5.73 Å². The fraction of sp³-hybridized carbons (Fsp3) is 0.917. The Labute approximate surface area is 97.8 Å². The predicted octanol–water partition coefficient (Wildman–Crippen LogP) is 0.877. The van der Waals surface area contributed by atoms with Gasteiger partial charge in [-0.1, -0.05) is 19.8 Å². The summed E-state index contributed by atoms with van der Waals surface area (Å²) in [7, 11) is 1.75. The van der Waals surface area contributed by atoms with Gasteiger partial charge in [-0.3, -0.25) is 4.79 Å². The Morgan fingerprint density at radius 2 is 2.06 bits per heavy atom. The van der Waals surface area contributed by atoms with Gasteiger partial charge in [0.15, 0.2) is 0 Å². The second-order valence-electron chi connectivity index (χ2n) is 5.05. The number of nitrogens with zero attached hydrogens (tertiary/aromatic N) is 1. The van der Waals surface area contributed by atoms with Gasteiger partial charge in [0.1, 0.15) is 0 Å². The van der Waals surface area contributed by atoms with Crippen molar-refractivity contribution in [1.82, 2.24) is 4.90 Å². The maximum absolute atomic E-state index is 11.8. The van der Waals surface area contributed by atoms with E-state index >= 15 is 0 Å². The lowest BCUT2D eigenvalue weighted by molar-refractivity contribution is -0.133. The third kappa shape index (κ3) is 3.76. The van der Waals surface area contributed by atoms with E-state index in [0.717, 1.165) is 32.1 Å². The van der Waals surface area contributed by atoms with Crippen LogP contribution in [0.25, 0.3) is 0 Å². The van der Waals surface area contributed by atoms with Gasteiger partial charge in [-0.05, 0) is 19.3 Å². The highest BCUT2D eigenvalue weighted by molar-refractivity contribution is 5.76. The SMILES string of the molecule is CCC(N)CC(=O)N(C)CC1(O)CCCC1. The van der Waals surface area contributed by atoms with Crippen LogP contribution in [0, 0.1) is 0 Å². The first kappa shape index (κ1) is 13.5. The smallest absolute Gasteiger partial charge is 0.223 e. The summed E-state index contributed by atoms with van der Waals surface area (Å²) in [5, 5.41) is 10.2. The fourth-order valence-electron chi connectivity index (χ4n) is 2.25. The molecule has 4 nitrogen and oxygen atoms in total. The third-order valence-electron chi connectivity index (χ3n) is 3.45. The van der Waals surface area contributed by atoms with Crippen molar-refractivity contribution in [3.8, 4) is 0 Å². The number of hydrogen-bond donors (Lipinski definition) is 2. The molecular weight excluding hydrogens is 204 g/mol. The topological polar surface area (TPSA) is 66.6 Å². The molecule has 1 rings (SSSR count). The number of carbonyl (C=O) groups is 1. The Morgan fingerprint density at radius 1 is 1.50 bits per heavy atom. The number of rotatable bonds is 5. The van der Waals surface area contributed by atoms with Crippen LogP contribution in [0.4, 0.5) is 0 Å². The highest BCUT2D eigenvalue weighted by Crippen LogP contribution is 2.29. The zero-order chi connectivity index (χ0) is 12.2. The Kier molecular flexibility index (Phi) is 4.74. The molecule has 0 aromatic carbocycles. The van der Waals surface area contributed by atoms with Crippen LogP contribution in [-0.4, -0.2) is 41.1 Å². The van der Waals surface area contributed by atoms with Crippen molar-refractivity contribution < 1.29 is 9.90 Å². The molecule has 1 aliphatic carbocycles. The second-order valence-corrected chi connectivity index (χ2v) is 5.05. The summed E-state index contributed by atoms with van der Waals surface area (Å²) in [6, 6.07) is -0.0619. The average molecular weight is 228 g/mol. The summed E-state index contributed by atoms with van der Waals surface area (Å²) in [4.78, 5) is 13.4. The van der Waals surface area contributed by atoms with Gasteiger partial charge in [-0.2, -0.15) is 0 Å². The molecule has 16 heavy (non-hydrogen) atoms. The van der Waals surface area contributed by atoms with Gasteiger partial charge in [0.25, 0.3) is 0 Å². The largest absolute Gasteiger partial charge is 0.388 e. The minimum absolute atomic E-state index is 0.0367. The highest BCUT2D eigenvalue weighted by atomic mass is 16.3. The van der Waals surface area contributed by atoms with Crippen molar-refractivity contribution in [2.45, 2.75) is 57.1 Å². The van der Waals surface area contributed by atoms with Crippen LogP contribution in [0.1, 0.15) is 45.4 Å². The molecule has 0 aliphatic heterocycles. The first-order valence-electron chi connectivity index (χ1n) is 6.19. The molecule has 1 aliphatic rings. The average Bonchev–Trinajstić information content (AvgIpc) is 2.64. The standard InChI is InChI=1S/C12H24N2O2/c1-3-10(13)8-11(15)14(2)9-12(16)6-4-5-7-12/h10,16H,3-9,13H2,1-2H3. The van der Waals surface area contributed by atoms with E-state index in [2.05, 4.69) is 0 Å². The first-order chi connectivity index (χ1) is 7.47. The molecule has 0 spiro atoms. The summed E-state index contributed by atoms with van der Waals surface area (Å²) < 4.78 is 0. The molecule has 4 heteroatoms. The van der Waals surface area contributed by atoms with E-state index in [4.69, 9.17) is 5.73 Å². The Hall–Kier alpha value is -0.610. The van der Waals surface area contributed by atoms with Gasteiger partial charge in [0.05, 0.1) is 5.60 Å². The summed E-state index contributed by atoms with van der Waals surface area (Å²) in [6.07, 6.45) is 4.93. The van der Waals surface area contributed by atoms with Crippen LogP contribution in [0.15, 0.2) is 0 Å². The van der Waals surface area contributed by atoms with Crippen molar-refractivity contribution >= 4 is 5.91 Å². The molecule has 1 atom stereocenters. The molecular formula is C12H24N2O2. The summed E-state index contributed by atoms with van der Waals surface area (Å²) in [5.41, 5.74) is 5.09. The first-order valence-corrected chi connectivity index (χ1v) is 6.19. The molecule has 1 amide bonds. The molecule has 94 valence electrons. The summed E-state index contributed by atoms with van der Waals surface area (Å²) in [6.45, 7) is 2.42. The normalized spacial score (nSPS) is 20.8. The lowest BCUT2D eigenvalue weighted by atomic mass is 10.0. The van der Waals surface area contributed by atoms with Crippen LogP contribution < -0.4 is 5.73 Å². The number of likely N-dealkylation sites (N-methyl/N-ethyl adjacent to an activating group) is 1. The zero-order valence-corrected chi connectivity index (χ0v) is 10.4. The third-order valence-corrected chi connectivity index (χ3v) is 3.45. The van der Waals surface area contributed by atoms with Gasteiger partial charge in [-0.15, -0.1) is 0 Å². The van der Waals surface area contributed by atoms with Gasteiger partial charge >= 0.3 is 0 Å². The second kappa shape index (κ2) is 5.64. The molecule has 3 N–H and O–H groups in total. The molecule has 0 aromatic heterocycles. The Morgan fingerprint density at radius 3 is 2.56 bits per heavy atom. The molecule has 0 bridgehead atoms. The maximum Gasteiger partial charge on any atom is 0.223 e. The lowest BCUT2D eigenvalue weighted by Crippen LogP contribution is -2.43. The van der Waals surface area contributed by atoms with Crippen LogP contribution in [0.5, 0.6) is 0 Å². The van der Waals surface area contributed by atoms with Crippen molar-refractivity contribution in [1.29, 1.82) is 0 Å². The number of carbonyl (C=O) groups excluding carboxylic acids is 1. The Balaban J connectivity index is 2.39. The summed E-state index contributed by atoms with van der Waals surface area (Å²) >= 11 is 0. The van der Waals surface area contributed by atoms with Gasteiger partial charge in [-0.25, -0.2) is 0 Å². The van der Waals surface area contributed by atoms with Crippen molar-refractivity contribution in [3.05, 3.63) is 0 Å². The number of hydrogen-bond acceptors (Lipinski definition) is 3. The van der Waals surface area contributed by atoms with Crippen LogP contribution >= 0.6 is 0 Å². The van der Waals surface area contributed by atoms with E-state index in [1.807, 2.05) is 6.92 Å². The van der Waals surface area contributed by atoms with E-state index < -0.39 is 5.60 Å². The predicted molar refractivity (Wildman–Crippen MR) is 63.9 cm³/mol. The van der Waals surface area contributed by atoms with Crippen LogP contribution in [-0.2, 0) is 4.79 Å². The minimum atomic E-state index is -0.652.